The second kappa shape index (κ2) is 6.87. The Morgan fingerprint density at radius 1 is 1.19 bits per heavy atom. The maximum Gasteiger partial charge on any atom is 0.152 e. The highest BCUT2D eigenvalue weighted by Gasteiger charge is 2.58. The van der Waals surface area contributed by atoms with Crippen LogP contribution in [-0.2, 0) is 4.79 Å². The molecule has 0 spiro atoms. The van der Waals surface area contributed by atoms with Crippen LogP contribution in [0.5, 0.6) is 0 Å². The van der Waals surface area contributed by atoms with Crippen LogP contribution in [-0.4, -0.2) is 17.0 Å². The summed E-state index contributed by atoms with van der Waals surface area (Å²) in [4.78, 5) is 11.4. The van der Waals surface area contributed by atoms with Crippen LogP contribution >= 0.6 is 0 Å². The van der Waals surface area contributed by atoms with Crippen molar-refractivity contribution < 1.29 is 9.90 Å². The summed E-state index contributed by atoms with van der Waals surface area (Å²) < 4.78 is 0. The second-order valence-corrected chi connectivity index (χ2v) is 10.7. The van der Waals surface area contributed by atoms with Crippen molar-refractivity contribution in [2.45, 2.75) is 85.2 Å². The van der Waals surface area contributed by atoms with Crippen molar-refractivity contribution in [1.82, 2.24) is 0 Å². The zero-order valence-electron chi connectivity index (χ0n) is 17.7. The first kappa shape index (κ1) is 19.4. The second-order valence-electron chi connectivity index (χ2n) is 10.7. The molecule has 3 fully saturated rings. The third-order valence-electron chi connectivity index (χ3n) is 9.42. The molecule has 0 aliphatic heterocycles. The molecular formula is C25H38O2. The van der Waals surface area contributed by atoms with Crippen LogP contribution in [0.4, 0.5) is 0 Å². The van der Waals surface area contributed by atoms with Crippen molar-refractivity contribution >= 4 is 5.78 Å². The molecule has 4 rings (SSSR count). The van der Waals surface area contributed by atoms with Gasteiger partial charge in [0, 0.05) is 0 Å². The van der Waals surface area contributed by atoms with Gasteiger partial charge >= 0.3 is 0 Å². The van der Waals surface area contributed by atoms with Gasteiger partial charge in [-0.05, 0) is 105 Å². The van der Waals surface area contributed by atoms with Crippen molar-refractivity contribution in [2.75, 3.05) is 0 Å². The molecule has 0 amide bonds. The molecule has 0 aromatic heterocycles. The van der Waals surface area contributed by atoms with Crippen LogP contribution in [0.15, 0.2) is 23.8 Å². The quantitative estimate of drug-likeness (QED) is 0.510. The third kappa shape index (κ3) is 3.07. The van der Waals surface area contributed by atoms with Crippen LogP contribution in [0, 0.1) is 40.4 Å². The largest absolute Gasteiger partial charge is 0.393 e. The van der Waals surface area contributed by atoms with Gasteiger partial charge in [0.05, 0.1) is 6.10 Å². The number of ketones is 1. The van der Waals surface area contributed by atoms with Gasteiger partial charge in [-0.15, -0.1) is 0 Å². The van der Waals surface area contributed by atoms with E-state index in [0.29, 0.717) is 22.7 Å². The van der Waals surface area contributed by atoms with Crippen molar-refractivity contribution in [3.05, 3.63) is 23.8 Å². The number of carbonyl (C=O) groups is 1. The molecule has 150 valence electrons. The first-order chi connectivity index (χ1) is 12.8. The molecule has 3 saturated carbocycles. The maximum atomic E-state index is 11.4. The number of fused-ring (bicyclic) bond motifs is 5. The molecular weight excluding hydrogens is 332 g/mol. The summed E-state index contributed by atoms with van der Waals surface area (Å²) in [7, 11) is 0. The zero-order chi connectivity index (χ0) is 19.4. The topological polar surface area (TPSA) is 37.3 Å². The average molecular weight is 371 g/mol. The predicted molar refractivity (Wildman–Crippen MR) is 110 cm³/mol. The van der Waals surface area contributed by atoms with Crippen LogP contribution in [0.1, 0.15) is 79.1 Å². The van der Waals surface area contributed by atoms with Gasteiger partial charge in [-0.25, -0.2) is 0 Å². The van der Waals surface area contributed by atoms with Crippen LogP contribution in [0.25, 0.3) is 0 Å². The highest BCUT2D eigenvalue weighted by Crippen LogP contribution is 2.67. The highest BCUT2D eigenvalue weighted by molar-refractivity contribution is 5.87. The minimum atomic E-state index is -0.112. The lowest BCUT2D eigenvalue weighted by Gasteiger charge is -2.58. The first-order valence-electron chi connectivity index (χ1n) is 11.3. The van der Waals surface area contributed by atoms with Crippen molar-refractivity contribution in [3.8, 4) is 0 Å². The summed E-state index contributed by atoms with van der Waals surface area (Å²) >= 11 is 0. The molecule has 4 aliphatic rings. The average Bonchev–Trinajstić information content (AvgIpc) is 2.97. The fraction of sp³-hybridized carbons (Fsp3) is 0.800. The fourth-order valence-electron chi connectivity index (χ4n) is 7.97. The minimum absolute atomic E-state index is 0.112. The molecule has 0 heterocycles. The number of carbonyl (C=O) groups excluding carboxylic acids is 1. The van der Waals surface area contributed by atoms with Crippen LogP contribution < -0.4 is 0 Å². The summed E-state index contributed by atoms with van der Waals surface area (Å²) in [5, 5.41) is 10.2. The van der Waals surface area contributed by atoms with Gasteiger partial charge in [0.15, 0.2) is 5.78 Å². The highest BCUT2D eigenvalue weighted by atomic mass is 16.3. The Bertz CT molecular complexity index is 661. The van der Waals surface area contributed by atoms with Crippen molar-refractivity contribution in [1.29, 1.82) is 0 Å². The summed E-state index contributed by atoms with van der Waals surface area (Å²) in [5.74, 6) is 3.84. The molecule has 0 saturated heterocycles. The summed E-state index contributed by atoms with van der Waals surface area (Å²) in [6.07, 6.45) is 16.1. The molecule has 2 nitrogen and oxygen atoms in total. The predicted octanol–water partition coefficient (Wildman–Crippen LogP) is 5.71. The van der Waals surface area contributed by atoms with Crippen LogP contribution in [0.2, 0.25) is 0 Å². The summed E-state index contributed by atoms with van der Waals surface area (Å²) in [6, 6.07) is 0. The molecule has 0 aromatic rings. The lowest BCUT2D eigenvalue weighted by molar-refractivity contribution is -0.112. The Morgan fingerprint density at radius 3 is 2.70 bits per heavy atom. The van der Waals surface area contributed by atoms with Crippen LogP contribution in [0.3, 0.4) is 0 Å². The Balaban J connectivity index is 1.58. The Morgan fingerprint density at radius 2 is 1.96 bits per heavy atom. The number of hydrogen-bond acceptors (Lipinski definition) is 2. The van der Waals surface area contributed by atoms with E-state index in [9.17, 15) is 9.90 Å². The molecule has 0 bridgehead atoms. The van der Waals surface area contributed by atoms with E-state index in [1.54, 1.807) is 18.6 Å². The molecule has 27 heavy (non-hydrogen) atoms. The molecule has 0 radical (unpaired) electrons. The van der Waals surface area contributed by atoms with Gasteiger partial charge in [-0.3, -0.25) is 4.79 Å². The van der Waals surface area contributed by atoms with Gasteiger partial charge in [-0.2, -0.15) is 0 Å². The van der Waals surface area contributed by atoms with Crippen molar-refractivity contribution in [2.24, 2.45) is 40.4 Å². The Labute approximate surface area is 165 Å². The Kier molecular flexibility index (Phi) is 4.94. The lowest BCUT2D eigenvalue weighted by atomic mass is 9.47. The molecule has 1 N–H and O–H groups in total. The molecule has 0 aromatic carbocycles. The molecule has 0 unspecified atom stereocenters. The summed E-state index contributed by atoms with van der Waals surface area (Å²) in [5.41, 5.74) is 2.33. The SMILES string of the molecule is CC(=O)/C=C/[C@@H](C)[C@H]1CC[C@H]2[C@@H]3CC=C4C[C@@H](O)CC[C@]4(C)[C@H]3CC[C@]12C. The third-order valence-corrected chi connectivity index (χ3v) is 9.42. The van der Waals surface area contributed by atoms with E-state index in [1.807, 2.05) is 0 Å². The van der Waals surface area contributed by atoms with E-state index in [1.165, 1.54) is 38.5 Å². The maximum absolute atomic E-state index is 11.4. The molecule has 2 heteroatoms. The van der Waals surface area contributed by atoms with Gasteiger partial charge in [0.1, 0.15) is 0 Å². The van der Waals surface area contributed by atoms with Gasteiger partial charge in [0.2, 0.25) is 0 Å². The van der Waals surface area contributed by atoms with E-state index in [4.69, 9.17) is 0 Å². The summed E-state index contributed by atoms with van der Waals surface area (Å²) in [6.45, 7) is 9.05. The van der Waals surface area contributed by atoms with Gasteiger partial charge in [0.25, 0.3) is 0 Å². The van der Waals surface area contributed by atoms with Gasteiger partial charge < -0.3 is 5.11 Å². The monoisotopic (exact) mass is 370 g/mol. The van der Waals surface area contributed by atoms with E-state index >= 15 is 0 Å². The number of aliphatic hydroxyl groups is 1. The Hall–Kier alpha value is -0.890. The molecule has 4 aliphatic carbocycles. The smallest absolute Gasteiger partial charge is 0.152 e. The normalized spacial score (nSPS) is 47.7. The van der Waals surface area contributed by atoms with Crippen molar-refractivity contribution in [3.63, 3.8) is 0 Å². The fourth-order valence-corrected chi connectivity index (χ4v) is 7.97. The van der Waals surface area contributed by atoms with E-state index in [2.05, 4.69) is 32.9 Å². The minimum Gasteiger partial charge on any atom is -0.393 e. The van der Waals surface area contributed by atoms with E-state index in [-0.39, 0.29) is 11.9 Å². The first-order valence-corrected chi connectivity index (χ1v) is 11.3. The van der Waals surface area contributed by atoms with E-state index in [0.717, 1.165) is 30.6 Å². The van der Waals surface area contributed by atoms with E-state index < -0.39 is 0 Å². The number of aliphatic hydroxyl groups excluding tert-OH is 1. The number of rotatable bonds is 3. The van der Waals surface area contributed by atoms with Gasteiger partial charge in [-0.1, -0.05) is 38.5 Å². The lowest BCUT2D eigenvalue weighted by Crippen LogP contribution is -2.50. The molecule has 8 atom stereocenters. The number of allylic oxidation sites excluding steroid dienone is 3. The number of hydrogen-bond donors (Lipinski definition) is 1. The zero-order valence-corrected chi connectivity index (χ0v) is 17.7. The standard InChI is InChI=1S/C25H38O2/c1-16(5-6-17(2)26)21-9-10-22-20-8-7-18-15-19(27)11-13-24(18,3)23(20)12-14-25(21,22)4/h5-7,16,19-23,27H,8-15H2,1-4H3/b6-5+/t16-,19+,20+,21-,22+,23+,24+,25-/m1/s1.